The number of aryl methyl sites for hydroxylation is 1. The number of fused-ring (bicyclic) bond motifs is 1. The molecule has 2 N–H and O–H groups in total. The van der Waals surface area contributed by atoms with Gasteiger partial charge in [0.25, 0.3) is 0 Å². The van der Waals surface area contributed by atoms with Gasteiger partial charge in [-0.25, -0.2) is 4.79 Å². The van der Waals surface area contributed by atoms with Crippen LogP contribution in [-0.4, -0.2) is 41.1 Å². The Hall–Kier alpha value is -2.54. The summed E-state index contributed by atoms with van der Waals surface area (Å²) in [6.07, 6.45) is 3.70. The van der Waals surface area contributed by atoms with E-state index in [9.17, 15) is 4.79 Å². The fraction of sp³-hybridized carbons (Fsp3) is 0.545. The molecule has 2 aliphatic rings. The largest absolute Gasteiger partial charge is 0.487 e. The van der Waals surface area contributed by atoms with Crippen molar-refractivity contribution < 1.29 is 14.3 Å². The van der Waals surface area contributed by atoms with Crippen molar-refractivity contribution in [3.63, 3.8) is 0 Å². The Kier molecular flexibility index (Phi) is 5.76. The van der Waals surface area contributed by atoms with Gasteiger partial charge in [0.1, 0.15) is 18.0 Å². The molecule has 1 aromatic heterocycles. The molecule has 0 radical (unpaired) electrons. The van der Waals surface area contributed by atoms with Crippen LogP contribution in [0.2, 0.25) is 0 Å². The quantitative estimate of drug-likeness (QED) is 0.811. The lowest BCUT2D eigenvalue weighted by molar-refractivity contribution is -0.0314. The van der Waals surface area contributed by atoms with Gasteiger partial charge < -0.3 is 20.1 Å². The highest BCUT2D eigenvalue weighted by atomic mass is 16.5. The van der Waals surface area contributed by atoms with E-state index in [1.54, 1.807) is 6.20 Å². The number of hydrogen-bond donors (Lipinski definition) is 2. The normalized spacial score (nSPS) is 27.0. The Morgan fingerprint density at radius 1 is 1.34 bits per heavy atom. The van der Waals surface area contributed by atoms with Gasteiger partial charge >= 0.3 is 6.03 Å². The molecular weight excluding hydrogens is 368 g/mol. The van der Waals surface area contributed by atoms with E-state index in [-0.39, 0.29) is 36.1 Å². The maximum absolute atomic E-state index is 12.6. The van der Waals surface area contributed by atoms with Crippen LogP contribution in [0.15, 0.2) is 36.5 Å². The first kappa shape index (κ1) is 19.8. The van der Waals surface area contributed by atoms with E-state index >= 15 is 0 Å². The molecule has 1 saturated heterocycles. The molecule has 7 nitrogen and oxygen atoms in total. The number of benzene rings is 1. The Balaban J connectivity index is 1.31. The van der Waals surface area contributed by atoms with Gasteiger partial charge in [0.15, 0.2) is 0 Å². The number of nitrogens with zero attached hydrogens (tertiary/aromatic N) is 2. The number of hydrogen-bond acceptors (Lipinski definition) is 4. The molecule has 0 saturated carbocycles. The minimum Gasteiger partial charge on any atom is -0.487 e. The lowest BCUT2D eigenvalue weighted by atomic mass is 9.92. The minimum absolute atomic E-state index is 0.0401. The maximum Gasteiger partial charge on any atom is 0.315 e. The highest BCUT2D eigenvalue weighted by Gasteiger charge is 2.35. The molecule has 0 bridgehead atoms. The summed E-state index contributed by atoms with van der Waals surface area (Å²) in [5, 5.41) is 10.3. The van der Waals surface area contributed by atoms with E-state index in [1.807, 2.05) is 42.9 Å². The number of ether oxygens (including phenoxy) is 2. The van der Waals surface area contributed by atoms with Gasteiger partial charge in [-0.1, -0.05) is 25.1 Å². The van der Waals surface area contributed by atoms with Crippen LogP contribution in [0.1, 0.15) is 50.0 Å². The van der Waals surface area contributed by atoms with E-state index in [1.165, 1.54) is 5.56 Å². The molecule has 156 valence electrons. The second kappa shape index (κ2) is 8.45. The predicted octanol–water partition coefficient (Wildman–Crippen LogP) is 3.14. The van der Waals surface area contributed by atoms with E-state index in [0.29, 0.717) is 6.54 Å². The van der Waals surface area contributed by atoms with Crippen molar-refractivity contribution in [1.29, 1.82) is 0 Å². The third-order valence-corrected chi connectivity index (χ3v) is 6.14. The lowest BCUT2D eigenvalue weighted by Crippen LogP contribution is -2.49. The molecule has 0 aliphatic carbocycles. The topological polar surface area (TPSA) is 77.4 Å². The van der Waals surface area contributed by atoms with Crippen LogP contribution in [-0.2, 0) is 11.8 Å². The van der Waals surface area contributed by atoms with E-state index in [0.717, 1.165) is 30.9 Å². The number of para-hydroxylation sites is 1. The molecule has 7 heteroatoms. The van der Waals surface area contributed by atoms with Crippen LogP contribution in [0.25, 0.3) is 0 Å². The lowest BCUT2D eigenvalue weighted by Gasteiger charge is -2.32. The van der Waals surface area contributed by atoms with Gasteiger partial charge in [-0.05, 0) is 31.9 Å². The highest BCUT2D eigenvalue weighted by molar-refractivity contribution is 5.74. The predicted molar refractivity (Wildman–Crippen MR) is 110 cm³/mol. The number of aromatic nitrogens is 2. The van der Waals surface area contributed by atoms with Gasteiger partial charge in [-0.2, -0.15) is 5.10 Å². The molecule has 3 unspecified atom stereocenters. The van der Waals surface area contributed by atoms with Crippen LogP contribution in [0.4, 0.5) is 4.79 Å². The summed E-state index contributed by atoms with van der Waals surface area (Å²) in [5.41, 5.74) is 2.25. The number of rotatable bonds is 5. The number of carbonyl (C=O) groups is 1. The molecule has 0 spiro atoms. The summed E-state index contributed by atoms with van der Waals surface area (Å²) in [6.45, 7) is 5.45. The van der Waals surface area contributed by atoms with Crippen LogP contribution >= 0.6 is 0 Å². The fourth-order valence-corrected chi connectivity index (χ4v) is 4.53. The van der Waals surface area contributed by atoms with E-state index in [4.69, 9.17) is 9.47 Å². The zero-order valence-electron chi connectivity index (χ0n) is 17.3. The monoisotopic (exact) mass is 398 g/mol. The van der Waals surface area contributed by atoms with E-state index in [2.05, 4.69) is 28.7 Å². The Morgan fingerprint density at radius 3 is 2.93 bits per heavy atom. The van der Waals surface area contributed by atoms with Gasteiger partial charge in [-0.3, -0.25) is 4.68 Å². The molecular formula is C22H30N4O3. The maximum atomic E-state index is 12.6. The van der Waals surface area contributed by atoms with Gasteiger partial charge in [0, 0.05) is 43.8 Å². The first-order chi connectivity index (χ1) is 14.0. The standard InChI is InChI=1S/C22H30N4O3/c1-14-17-8-4-5-9-19(17)29-20(14)15(2)25-22(27)23-13-16-7-6-12-28-21(16)18-10-11-24-26(18)3/h4-5,8-11,14-16,20-21H,6-7,12-13H2,1-3H3,(H2,23,25,27)/t14?,15?,16-,20?,21+/m0/s1. The summed E-state index contributed by atoms with van der Waals surface area (Å²) in [4.78, 5) is 12.6. The van der Waals surface area contributed by atoms with Crippen LogP contribution in [0.3, 0.4) is 0 Å². The summed E-state index contributed by atoms with van der Waals surface area (Å²) >= 11 is 0. The molecule has 1 aromatic carbocycles. The Morgan fingerprint density at radius 2 is 2.17 bits per heavy atom. The SMILES string of the molecule is CC(NC(=O)NC[C@@H]1CCCO[C@H]1c1ccnn1C)C1Oc2ccccc2C1C. The second-order valence-corrected chi connectivity index (χ2v) is 8.13. The van der Waals surface area contributed by atoms with Crippen molar-refractivity contribution in [2.45, 2.75) is 50.9 Å². The summed E-state index contributed by atoms with van der Waals surface area (Å²) in [5.74, 6) is 1.38. The molecule has 2 aliphatic heterocycles. The van der Waals surface area contributed by atoms with E-state index < -0.39 is 0 Å². The van der Waals surface area contributed by atoms with Gasteiger partial charge in [0.05, 0.1) is 11.7 Å². The highest BCUT2D eigenvalue weighted by Crippen LogP contribution is 2.38. The average Bonchev–Trinajstić information content (AvgIpc) is 3.30. The zero-order chi connectivity index (χ0) is 20.4. The van der Waals surface area contributed by atoms with Crippen LogP contribution in [0, 0.1) is 5.92 Å². The molecule has 1 fully saturated rings. The smallest absolute Gasteiger partial charge is 0.315 e. The molecule has 29 heavy (non-hydrogen) atoms. The number of nitrogens with one attached hydrogen (secondary N) is 2. The number of amides is 2. The minimum atomic E-state index is -0.168. The van der Waals surface area contributed by atoms with Crippen molar-refractivity contribution >= 4 is 6.03 Å². The molecule has 2 amide bonds. The summed E-state index contributed by atoms with van der Waals surface area (Å²) < 4.78 is 13.9. The summed E-state index contributed by atoms with van der Waals surface area (Å²) in [7, 11) is 1.92. The van der Waals surface area contributed by atoms with Crippen molar-refractivity contribution in [1.82, 2.24) is 20.4 Å². The number of urea groups is 1. The fourth-order valence-electron chi connectivity index (χ4n) is 4.53. The third-order valence-electron chi connectivity index (χ3n) is 6.14. The average molecular weight is 399 g/mol. The van der Waals surface area contributed by atoms with Crippen molar-refractivity contribution in [3.05, 3.63) is 47.8 Å². The molecule has 3 heterocycles. The van der Waals surface area contributed by atoms with Crippen molar-refractivity contribution in [2.75, 3.05) is 13.2 Å². The third kappa shape index (κ3) is 4.10. The molecule has 4 rings (SSSR count). The molecule has 2 aromatic rings. The Labute approximate surface area is 171 Å². The first-order valence-electron chi connectivity index (χ1n) is 10.4. The number of carbonyl (C=O) groups excluding carboxylic acids is 1. The first-order valence-corrected chi connectivity index (χ1v) is 10.4. The van der Waals surface area contributed by atoms with Crippen molar-refractivity contribution in [3.8, 4) is 5.75 Å². The van der Waals surface area contributed by atoms with Crippen molar-refractivity contribution in [2.24, 2.45) is 13.0 Å². The van der Waals surface area contributed by atoms with Crippen LogP contribution < -0.4 is 15.4 Å². The Bertz CT molecular complexity index is 852. The van der Waals surface area contributed by atoms with Gasteiger partial charge in [-0.15, -0.1) is 0 Å². The molecule has 5 atom stereocenters. The zero-order valence-corrected chi connectivity index (χ0v) is 17.3. The summed E-state index contributed by atoms with van der Waals surface area (Å²) in [6, 6.07) is 9.79. The van der Waals surface area contributed by atoms with Gasteiger partial charge in [0.2, 0.25) is 0 Å². The van der Waals surface area contributed by atoms with Crippen LogP contribution in [0.5, 0.6) is 5.75 Å². The second-order valence-electron chi connectivity index (χ2n) is 8.13.